The molecule has 0 bridgehead atoms. The normalized spacial score (nSPS) is 15.4. The van der Waals surface area contributed by atoms with Crippen LogP contribution in [0.4, 0.5) is 0 Å². The van der Waals surface area contributed by atoms with Crippen LogP contribution >= 0.6 is 0 Å². The fraction of sp³-hybridized carbons (Fsp3) is 0.444. The number of nitrogens with two attached hydrogens (primary N) is 1. The van der Waals surface area contributed by atoms with Crippen LogP contribution in [0.5, 0.6) is 5.75 Å². The largest absolute Gasteiger partial charge is 0.494 e. The van der Waals surface area contributed by atoms with Crippen molar-refractivity contribution in [3.8, 4) is 5.75 Å². The summed E-state index contributed by atoms with van der Waals surface area (Å²) in [6.45, 7) is 4.42. The number of piperidine rings is 1. The highest BCUT2D eigenvalue weighted by atomic mass is 32.2. The summed E-state index contributed by atoms with van der Waals surface area (Å²) < 4.78 is 37.7. The van der Waals surface area contributed by atoms with Crippen molar-refractivity contribution in [2.75, 3.05) is 32.1 Å². The molecule has 0 atom stereocenters. The summed E-state index contributed by atoms with van der Waals surface area (Å²) in [6.07, 6.45) is 5.06. The number of benzene rings is 2. The Morgan fingerprint density at radius 1 is 1.11 bits per heavy atom. The number of nitrogens with zero attached hydrogens (tertiary/aromatic N) is 1. The van der Waals surface area contributed by atoms with Crippen molar-refractivity contribution >= 4 is 26.8 Å². The van der Waals surface area contributed by atoms with Crippen molar-refractivity contribution < 1.29 is 22.7 Å². The number of fused-ring (bicyclic) bond motifs is 1. The van der Waals surface area contributed by atoms with Crippen molar-refractivity contribution in [1.29, 1.82) is 0 Å². The average molecular weight is 514 g/mol. The number of primary amides is 1. The number of nitrogens with one attached hydrogen (secondary N) is 1. The van der Waals surface area contributed by atoms with E-state index in [1.165, 1.54) is 0 Å². The van der Waals surface area contributed by atoms with Gasteiger partial charge in [-0.2, -0.15) is 0 Å². The standard InChI is InChI=1S/C27H35N3O5S/c1-2-36(32,33)30-12-10-21(11-13-30)25-18-29-26-23(25)16-22(17-24(26)27(28)31)35-15-7-6-14-34-19-20-8-4-3-5-9-20/h3-5,8-9,16-18,21,29H,2,6-7,10-15,19H2,1H3,(H2,28,31). The van der Waals surface area contributed by atoms with E-state index in [4.69, 9.17) is 15.2 Å². The molecule has 4 rings (SSSR count). The smallest absolute Gasteiger partial charge is 0.250 e. The van der Waals surface area contributed by atoms with Gasteiger partial charge in [0.15, 0.2) is 0 Å². The van der Waals surface area contributed by atoms with E-state index in [1.807, 2.05) is 42.6 Å². The average Bonchev–Trinajstić information content (AvgIpc) is 3.32. The maximum atomic E-state index is 12.2. The third-order valence-corrected chi connectivity index (χ3v) is 8.66. The number of amides is 1. The molecule has 1 amide bonds. The molecule has 8 nitrogen and oxygen atoms in total. The van der Waals surface area contributed by atoms with E-state index >= 15 is 0 Å². The number of rotatable bonds is 12. The first-order valence-electron chi connectivity index (χ1n) is 12.6. The summed E-state index contributed by atoms with van der Waals surface area (Å²) in [5, 5.41) is 0.907. The number of carbonyl (C=O) groups is 1. The molecule has 3 aromatic rings. The fourth-order valence-corrected chi connectivity index (χ4v) is 5.86. The van der Waals surface area contributed by atoms with Gasteiger partial charge in [-0.05, 0) is 61.8 Å². The molecule has 1 fully saturated rings. The van der Waals surface area contributed by atoms with Crippen LogP contribution in [0.2, 0.25) is 0 Å². The zero-order valence-electron chi connectivity index (χ0n) is 20.7. The SMILES string of the molecule is CCS(=O)(=O)N1CCC(c2c[nH]c3c(C(N)=O)cc(OCCCCOCc4ccccc4)cc23)CC1. The fourth-order valence-electron chi connectivity index (χ4n) is 4.73. The molecule has 194 valence electrons. The molecule has 0 saturated carbocycles. The summed E-state index contributed by atoms with van der Waals surface area (Å²) in [5.74, 6) is 0.400. The van der Waals surface area contributed by atoms with Gasteiger partial charge in [0.1, 0.15) is 5.75 Å². The van der Waals surface area contributed by atoms with Crippen LogP contribution in [0.25, 0.3) is 10.9 Å². The lowest BCUT2D eigenvalue weighted by atomic mass is 9.89. The lowest BCUT2D eigenvalue weighted by molar-refractivity contribution is 0.100. The third kappa shape index (κ3) is 6.27. The number of ether oxygens (including phenoxy) is 2. The molecule has 1 aromatic heterocycles. The summed E-state index contributed by atoms with van der Waals surface area (Å²) in [4.78, 5) is 15.4. The number of carbonyl (C=O) groups excluding carboxylic acids is 1. The van der Waals surface area contributed by atoms with Crippen LogP contribution in [-0.4, -0.2) is 55.7 Å². The first-order chi connectivity index (χ1) is 17.4. The lowest BCUT2D eigenvalue weighted by Gasteiger charge is -2.30. The van der Waals surface area contributed by atoms with Crippen molar-refractivity contribution in [3.63, 3.8) is 0 Å². The molecular formula is C27H35N3O5S. The predicted octanol–water partition coefficient (Wildman–Crippen LogP) is 4.17. The molecule has 1 aliphatic rings. The molecule has 1 saturated heterocycles. The van der Waals surface area contributed by atoms with Gasteiger partial charge < -0.3 is 20.2 Å². The Hall–Kier alpha value is -2.88. The van der Waals surface area contributed by atoms with Gasteiger partial charge in [0, 0.05) is 31.3 Å². The highest BCUT2D eigenvalue weighted by Gasteiger charge is 2.29. The van der Waals surface area contributed by atoms with Gasteiger partial charge in [-0.1, -0.05) is 30.3 Å². The van der Waals surface area contributed by atoms with Crippen LogP contribution in [0.3, 0.4) is 0 Å². The highest BCUT2D eigenvalue weighted by Crippen LogP contribution is 2.36. The van der Waals surface area contributed by atoms with Crippen molar-refractivity contribution in [3.05, 3.63) is 65.4 Å². The number of aromatic nitrogens is 1. The second-order valence-electron chi connectivity index (χ2n) is 9.17. The third-order valence-electron chi connectivity index (χ3n) is 6.78. The molecule has 9 heteroatoms. The topological polar surface area (TPSA) is 115 Å². The molecule has 3 N–H and O–H groups in total. The van der Waals surface area contributed by atoms with Crippen molar-refractivity contribution in [1.82, 2.24) is 9.29 Å². The Balaban J connectivity index is 1.36. The van der Waals surface area contributed by atoms with E-state index < -0.39 is 15.9 Å². The van der Waals surface area contributed by atoms with Crippen molar-refractivity contribution in [2.24, 2.45) is 5.73 Å². The lowest BCUT2D eigenvalue weighted by Crippen LogP contribution is -2.38. The molecule has 0 spiro atoms. The highest BCUT2D eigenvalue weighted by molar-refractivity contribution is 7.89. The number of hydrogen-bond acceptors (Lipinski definition) is 5. The molecule has 36 heavy (non-hydrogen) atoms. The molecule has 0 radical (unpaired) electrons. The Kier molecular flexibility index (Phi) is 8.66. The maximum Gasteiger partial charge on any atom is 0.250 e. The Labute approximate surface area is 212 Å². The van der Waals surface area contributed by atoms with Crippen LogP contribution < -0.4 is 10.5 Å². The number of H-pyrrole nitrogens is 1. The number of hydrogen-bond donors (Lipinski definition) is 2. The van der Waals surface area contributed by atoms with Crippen molar-refractivity contribution in [2.45, 2.75) is 45.1 Å². The molecule has 0 aliphatic carbocycles. The van der Waals surface area contributed by atoms with Crippen LogP contribution in [0, 0.1) is 0 Å². The zero-order valence-corrected chi connectivity index (χ0v) is 21.6. The number of aromatic amines is 1. The first kappa shape index (κ1) is 26.2. The summed E-state index contributed by atoms with van der Waals surface area (Å²) in [5.41, 5.74) is 8.99. The maximum absolute atomic E-state index is 12.2. The van der Waals surface area contributed by atoms with E-state index in [1.54, 1.807) is 17.3 Å². The van der Waals surface area contributed by atoms with Crippen LogP contribution in [-0.2, 0) is 21.4 Å². The second kappa shape index (κ2) is 11.9. The summed E-state index contributed by atoms with van der Waals surface area (Å²) in [7, 11) is -3.18. The molecule has 1 aliphatic heterocycles. The van der Waals surface area contributed by atoms with E-state index in [2.05, 4.69) is 4.98 Å². The molecule has 2 aromatic carbocycles. The van der Waals surface area contributed by atoms with E-state index in [-0.39, 0.29) is 11.7 Å². The zero-order chi connectivity index (χ0) is 25.5. The summed E-state index contributed by atoms with van der Waals surface area (Å²) in [6, 6.07) is 13.7. The van der Waals surface area contributed by atoms with Gasteiger partial charge in [-0.25, -0.2) is 12.7 Å². The van der Waals surface area contributed by atoms with Gasteiger partial charge >= 0.3 is 0 Å². The Morgan fingerprint density at radius 3 is 2.53 bits per heavy atom. The van der Waals surface area contributed by atoms with E-state index in [0.717, 1.165) is 42.2 Å². The monoisotopic (exact) mass is 513 g/mol. The van der Waals surface area contributed by atoms with E-state index in [0.29, 0.717) is 49.7 Å². The van der Waals surface area contributed by atoms with Gasteiger partial charge in [0.05, 0.1) is 30.0 Å². The molecular weight excluding hydrogens is 478 g/mol. The predicted molar refractivity (Wildman–Crippen MR) is 141 cm³/mol. The Bertz CT molecular complexity index is 1270. The summed E-state index contributed by atoms with van der Waals surface area (Å²) >= 11 is 0. The second-order valence-corrected chi connectivity index (χ2v) is 11.4. The van der Waals surface area contributed by atoms with Crippen LogP contribution in [0.15, 0.2) is 48.7 Å². The molecule has 2 heterocycles. The van der Waals surface area contributed by atoms with Gasteiger partial charge in [0.2, 0.25) is 10.0 Å². The minimum atomic E-state index is -3.18. The Morgan fingerprint density at radius 2 is 1.83 bits per heavy atom. The minimum Gasteiger partial charge on any atom is -0.494 e. The van der Waals surface area contributed by atoms with Gasteiger partial charge in [-0.3, -0.25) is 4.79 Å². The van der Waals surface area contributed by atoms with E-state index in [9.17, 15) is 13.2 Å². The number of unbranched alkanes of at least 4 members (excludes halogenated alkanes) is 1. The van der Waals surface area contributed by atoms with Crippen LogP contribution in [0.1, 0.15) is 60.0 Å². The molecule has 0 unspecified atom stereocenters. The van der Waals surface area contributed by atoms with Gasteiger partial charge in [0.25, 0.3) is 5.91 Å². The quantitative estimate of drug-likeness (QED) is 0.353. The number of sulfonamides is 1. The minimum absolute atomic E-state index is 0.118. The first-order valence-corrected chi connectivity index (χ1v) is 14.2. The van der Waals surface area contributed by atoms with Gasteiger partial charge in [-0.15, -0.1) is 0 Å².